The molecule has 0 unspecified atom stereocenters. The van der Waals surface area contributed by atoms with Crippen LogP contribution in [-0.2, 0) is 16.6 Å². The van der Waals surface area contributed by atoms with Gasteiger partial charge in [-0.3, -0.25) is 0 Å². The van der Waals surface area contributed by atoms with Gasteiger partial charge in [-0.2, -0.15) is 0 Å². The molecule has 2 nitrogen and oxygen atoms in total. The Kier molecular flexibility index (Phi) is 3.76. The zero-order chi connectivity index (χ0) is 13.2. The topological polar surface area (TPSA) is 37.3 Å². The van der Waals surface area contributed by atoms with Gasteiger partial charge < -0.3 is 5.11 Å². The second-order valence-electron chi connectivity index (χ2n) is 5.48. The molecular formula is C15H20O2. The molecule has 0 spiro atoms. The summed E-state index contributed by atoms with van der Waals surface area (Å²) in [5, 5.41) is 8.86. The molecule has 0 aromatic heterocycles. The highest BCUT2D eigenvalue weighted by Crippen LogP contribution is 2.25. The third-order valence-corrected chi connectivity index (χ3v) is 2.92. The number of rotatable bonds is 3. The van der Waals surface area contributed by atoms with Gasteiger partial charge in [-0.25, -0.2) is 4.79 Å². The van der Waals surface area contributed by atoms with Crippen molar-refractivity contribution < 1.29 is 9.90 Å². The predicted molar refractivity (Wildman–Crippen MR) is 70.4 cm³/mol. The van der Waals surface area contributed by atoms with Gasteiger partial charge in [0.15, 0.2) is 0 Å². The summed E-state index contributed by atoms with van der Waals surface area (Å²) in [6.45, 7) is 12.0. The first-order valence-corrected chi connectivity index (χ1v) is 5.73. The predicted octanol–water partition coefficient (Wildman–Crippen LogP) is 3.48. The van der Waals surface area contributed by atoms with E-state index in [0.717, 1.165) is 11.1 Å². The minimum atomic E-state index is -0.925. The zero-order valence-electron chi connectivity index (χ0n) is 11.0. The fourth-order valence-corrected chi connectivity index (χ4v) is 1.63. The number of hydrogen-bond donors (Lipinski definition) is 1. The van der Waals surface area contributed by atoms with Gasteiger partial charge in [-0.1, -0.05) is 45.5 Å². The van der Waals surface area contributed by atoms with E-state index in [2.05, 4.69) is 39.5 Å². The Balaban J connectivity index is 3.07. The summed E-state index contributed by atoms with van der Waals surface area (Å²) < 4.78 is 0. The Morgan fingerprint density at radius 3 is 2.41 bits per heavy atom. The van der Waals surface area contributed by atoms with E-state index in [9.17, 15) is 4.79 Å². The van der Waals surface area contributed by atoms with E-state index < -0.39 is 5.97 Å². The molecule has 0 saturated heterocycles. The fraction of sp³-hybridized carbons (Fsp3) is 0.400. The van der Waals surface area contributed by atoms with Crippen molar-refractivity contribution in [3.8, 4) is 0 Å². The molecule has 1 N–H and O–H groups in total. The van der Waals surface area contributed by atoms with Crippen LogP contribution in [0.5, 0.6) is 0 Å². The molecule has 1 aromatic rings. The minimum Gasteiger partial charge on any atom is -0.478 e. The molecule has 92 valence electrons. The quantitative estimate of drug-likeness (QED) is 0.810. The number of hydrogen-bond acceptors (Lipinski definition) is 1. The number of benzene rings is 1. The van der Waals surface area contributed by atoms with Crippen molar-refractivity contribution in [3.05, 3.63) is 47.0 Å². The lowest BCUT2D eigenvalue weighted by Crippen LogP contribution is -2.12. The van der Waals surface area contributed by atoms with Crippen LogP contribution in [0.2, 0.25) is 0 Å². The maximum atomic E-state index is 10.8. The van der Waals surface area contributed by atoms with Gasteiger partial charge in [0.25, 0.3) is 0 Å². The number of carboxylic acids is 1. The third kappa shape index (κ3) is 3.45. The Bertz CT molecular complexity index is 450. The highest BCUT2D eigenvalue weighted by Gasteiger charge is 2.15. The van der Waals surface area contributed by atoms with Crippen molar-refractivity contribution in [2.24, 2.45) is 0 Å². The Labute approximate surface area is 103 Å². The summed E-state index contributed by atoms with van der Waals surface area (Å²) >= 11 is 0. The summed E-state index contributed by atoms with van der Waals surface area (Å²) in [6, 6.07) is 6.23. The van der Waals surface area contributed by atoms with Gasteiger partial charge in [0.2, 0.25) is 0 Å². The van der Waals surface area contributed by atoms with Crippen molar-refractivity contribution >= 4 is 5.97 Å². The molecule has 1 rings (SSSR count). The molecular weight excluding hydrogens is 212 g/mol. The van der Waals surface area contributed by atoms with E-state index in [0.29, 0.717) is 6.42 Å². The zero-order valence-corrected chi connectivity index (χ0v) is 11.0. The molecule has 0 saturated carbocycles. The van der Waals surface area contributed by atoms with Crippen molar-refractivity contribution in [1.29, 1.82) is 0 Å². The number of carbonyl (C=O) groups is 1. The second kappa shape index (κ2) is 4.74. The maximum absolute atomic E-state index is 10.8. The van der Waals surface area contributed by atoms with E-state index in [4.69, 9.17) is 5.11 Å². The van der Waals surface area contributed by atoms with Crippen LogP contribution in [0.4, 0.5) is 0 Å². The largest absolute Gasteiger partial charge is 0.478 e. The van der Waals surface area contributed by atoms with Crippen LogP contribution in [0, 0.1) is 6.92 Å². The van der Waals surface area contributed by atoms with Gasteiger partial charge in [0.05, 0.1) is 0 Å². The van der Waals surface area contributed by atoms with E-state index in [-0.39, 0.29) is 11.0 Å². The molecule has 0 aliphatic rings. The van der Waals surface area contributed by atoms with Gasteiger partial charge in [0, 0.05) is 12.0 Å². The van der Waals surface area contributed by atoms with Crippen molar-refractivity contribution in [1.82, 2.24) is 0 Å². The molecule has 0 atom stereocenters. The van der Waals surface area contributed by atoms with Crippen LogP contribution in [0.3, 0.4) is 0 Å². The Morgan fingerprint density at radius 1 is 1.35 bits per heavy atom. The second-order valence-corrected chi connectivity index (χ2v) is 5.48. The average Bonchev–Trinajstić information content (AvgIpc) is 2.19. The lowest BCUT2D eigenvalue weighted by atomic mass is 9.84. The van der Waals surface area contributed by atoms with Crippen molar-refractivity contribution in [2.45, 2.75) is 39.5 Å². The van der Waals surface area contributed by atoms with E-state index in [1.807, 2.05) is 13.0 Å². The summed E-state index contributed by atoms with van der Waals surface area (Å²) in [7, 11) is 0. The van der Waals surface area contributed by atoms with E-state index >= 15 is 0 Å². The van der Waals surface area contributed by atoms with Gasteiger partial charge in [0.1, 0.15) is 0 Å². The molecule has 0 amide bonds. The third-order valence-electron chi connectivity index (χ3n) is 2.92. The van der Waals surface area contributed by atoms with Crippen LogP contribution >= 0.6 is 0 Å². The lowest BCUT2D eigenvalue weighted by molar-refractivity contribution is -0.132. The molecule has 0 heterocycles. The summed E-state index contributed by atoms with van der Waals surface area (Å²) in [6.07, 6.45) is 0.408. The van der Waals surface area contributed by atoms with Gasteiger partial charge >= 0.3 is 5.97 Å². The summed E-state index contributed by atoms with van der Waals surface area (Å²) in [5.74, 6) is -0.925. The van der Waals surface area contributed by atoms with Crippen LogP contribution in [0.25, 0.3) is 0 Å². The van der Waals surface area contributed by atoms with Crippen LogP contribution in [0.15, 0.2) is 30.4 Å². The number of aryl methyl sites for hydroxylation is 1. The lowest BCUT2D eigenvalue weighted by Gasteiger charge is -2.20. The van der Waals surface area contributed by atoms with Gasteiger partial charge in [-0.05, 0) is 29.0 Å². The number of aliphatic carboxylic acids is 1. The first-order chi connectivity index (χ1) is 7.71. The van der Waals surface area contributed by atoms with Crippen LogP contribution in [-0.4, -0.2) is 11.1 Å². The van der Waals surface area contributed by atoms with Crippen LogP contribution < -0.4 is 0 Å². The van der Waals surface area contributed by atoms with Crippen molar-refractivity contribution in [2.75, 3.05) is 0 Å². The van der Waals surface area contributed by atoms with E-state index in [1.54, 1.807) is 0 Å². The summed E-state index contributed by atoms with van der Waals surface area (Å²) in [4.78, 5) is 10.8. The maximum Gasteiger partial charge on any atom is 0.331 e. The highest BCUT2D eigenvalue weighted by molar-refractivity contribution is 5.86. The molecule has 2 heteroatoms. The van der Waals surface area contributed by atoms with Crippen LogP contribution in [0.1, 0.15) is 37.5 Å². The monoisotopic (exact) mass is 232 g/mol. The summed E-state index contributed by atoms with van der Waals surface area (Å²) in [5.41, 5.74) is 3.69. The minimum absolute atomic E-state index is 0.0764. The molecule has 0 aliphatic carbocycles. The Hall–Kier alpha value is -1.57. The fourth-order valence-electron chi connectivity index (χ4n) is 1.63. The normalized spacial score (nSPS) is 11.3. The molecule has 0 bridgehead atoms. The SMILES string of the molecule is C=C(Cc1cc(C(C)(C)C)ccc1C)C(=O)O. The first kappa shape index (κ1) is 13.5. The van der Waals surface area contributed by atoms with Crippen molar-refractivity contribution in [3.63, 3.8) is 0 Å². The standard InChI is InChI=1S/C15H20O2/c1-10-6-7-13(15(3,4)5)9-12(10)8-11(2)14(16)17/h6-7,9H,2,8H2,1,3-5H3,(H,16,17). The smallest absolute Gasteiger partial charge is 0.331 e. The van der Waals surface area contributed by atoms with E-state index in [1.165, 1.54) is 5.56 Å². The molecule has 0 fully saturated rings. The van der Waals surface area contributed by atoms with Gasteiger partial charge in [-0.15, -0.1) is 0 Å². The first-order valence-electron chi connectivity index (χ1n) is 5.73. The average molecular weight is 232 g/mol. The number of carboxylic acid groups (broad SMARTS) is 1. The highest BCUT2D eigenvalue weighted by atomic mass is 16.4. The Morgan fingerprint density at radius 2 is 1.94 bits per heavy atom. The molecule has 17 heavy (non-hydrogen) atoms. The molecule has 0 aliphatic heterocycles. The molecule has 0 radical (unpaired) electrons. The molecule has 1 aromatic carbocycles.